The van der Waals surface area contributed by atoms with Crippen LogP contribution in [0.25, 0.3) is 22.7 Å². The van der Waals surface area contributed by atoms with Crippen molar-refractivity contribution in [2.24, 2.45) is 0 Å². The Kier molecular flexibility index (Phi) is 5.25. The minimum atomic E-state index is -0.147. The smallest absolute Gasteiger partial charge is 0.226 e. The fourth-order valence-corrected chi connectivity index (χ4v) is 3.26. The molecule has 0 fully saturated rings. The molecule has 2 aromatic heterocycles. The first-order valence-corrected chi connectivity index (χ1v) is 9.65. The molecule has 0 unspecified atom stereocenters. The van der Waals surface area contributed by atoms with Gasteiger partial charge in [0.05, 0.1) is 6.20 Å². The lowest BCUT2D eigenvalue weighted by Crippen LogP contribution is -2.12. The van der Waals surface area contributed by atoms with Crippen LogP contribution in [0.15, 0.2) is 65.2 Å². The second kappa shape index (κ2) is 8.14. The molecule has 0 spiro atoms. The zero-order chi connectivity index (χ0) is 19.3. The Hall–Kier alpha value is -3.32. The van der Waals surface area contributed by atoms with Crippen molar-refractivity contribution in [1.29, 1.82) is 0 Å². The molecule has 0 aliphatic carbocycles. The number of anilines is 1. The number of oxazole rings is 1. The maximum Gasteiger partial charge on any atom is 0.226 e. The zero-order valence-corrected chi connectivity index (χ0v) is 16.1. The van der Waals surface area contributed by atoms with Gasteiger partial charge in [-0.05, 0) is 6.92 Å². The topological polar surface area (TPSA) is 80.9 Å². The third-order valence-electron chi connectivity index (χ3n) is 4.16. The molecule has 2 heterocycles. The van der Waals surface area contributed by atoms with Gasteiger partial charge in [0, 0.05) is 35.5 Å². The minimum absolute atomic E-state index is 0.147. The van der Waals surface area contributed by atoms with Crippen molar-refractivity contribution < 1.29 is 9.21 Å². The van der Waals surface area contributed by atoms with Gasteiger partial charge in [0.1, 0.15) is 0 Å². The van der Waals surface area contributed by atoms with E-state index in [-0.39, 0.29) is 12.3 Å². The van der Waals surface area contributed by atoms with E-state index in [4.69, 9.17) is 4.42 Å². The summed E-state index contributed by atoms with van der Waals surface area (Å²) in [6.45, 7) is 2.04. The molecule has 1 amide bonds. The molecule has 0 saturated heterocycles. The lowest BCUT2D eigenvalue weighted by atomic mass is 10.1. The average molecular weight is 390 g/mol. The van der Waals surface area contributed by atoms with E-state index in [1.807, 2.05) is 61.5 Å². The highest BCUT2D eigenvalue weighted by molar-refractivity contribution is 7.10. The van der Waals surface area contributed by atoms with Gasteiger partial charge in [-0.2, -0.15) is 9.36 Å². The van der Waals surface area contributed by atoms with Crippen LogP contribution < -0.4 is 5.32 Å². The van der Waals surface area contributed by atoms with Gasteiger partial charge in [0.25, 0.3) is 0 Å². The van der Waals surface area contributed by atoms with Gasteiger partial charge in [-0.15, -0.1) is 0 Å². The number of carbonyl (C=O) groups is 1. The summed E-state index contributed by atoms with van der Waals surface area (Å²) >= 11 is 1.16. The predicted octanol–water partition coefficient (Wildman–Crippen LogP) is 4.74. The summed E-state index contributed by atoms with van der Waals surface area (Å²) in [6, 6.07) is 17.7. The maximum absolute atomic E-state index is 12.2. The first-order chi connectivity index (χ1) is 13.7. The fraction of sp³-hybridized carbons (Fsp3) is 0.143. The molecule has 0 bridgehead atoms. The molecular formula is C21H18N4O2S. The van der Waals surface area contributed by atoms with Crippen molar-refractivity contribution in [3.05, 3.63) is 72.2 Å². The third kappa shape index (κ3) is 4.32. The molecule has 7 heteroatoms. The lowest BCUT2D eigenvalue weighted by Gasteiger charge is -1.99. The van der Waals surface area contributed by atoms with Gasteiger partial charge in [0.15, 0.2) is 17.5 Å². The van der Waals surface area contributed by atoms with Crippen LogP contribution in [0.4, 0.5) is 5.13 Å². The summed E-state index contributed by atoms with van der Waals surface area (Å²) in [5.41, 5.74) is 3.08. The number of rotatable bonds is 6. The first kappa shape index (κ1) is 18.1. The number of nitrogens with one attached hydrogen (secondary N) is 1. The molecular weight excluding hydrogens is 372 g/mol. The Balaban J connectivity index is 1.33. The molecule has 0 atom stereocenters. The van der Waals surface area contributed by atoms with Crippen LogP contribution in [0.1, 0.15) is 17.9 Å². The summed E-state index contributed by atoms with van der Waals surface area (Å²) in [5.74, 6) is 1.70. The van der Waals surface area contributed by atoms with Crippen molar-refractivity contribution >= 4 is 22.6 Å². The summed E-state index contributed by atoms with van der Waals surface area (Å²) < 4.78 is 10.0. The van der Waals surface area contributed by atoms with Crippen LogP contribution in [0.5, 0.6) is 0 Å². The highest BCUT2D eigenvalue weighted by Crippen LogP contribution is 2.22. The van der Waals surface area contributed by atoms with E-state index in [1.165, 1.54) is 5.56 Å². The highest BCUT2D eigenvalue weighted by Gasteiger charge is 2.12. The van der Waals surface area contributed by atoms with Crippen LogP contribution in [0, 0.1) is 6.92 Å². The van der Waals surface area contributed by atoms with Crippen LogP contribution in [-0.2, 0) is 11.2 Å². The van der Waals surface area contributed by atoms with E-state index >= 15 is 0 Å². The summed E-state index contributed by atoms with van der Waals surface area (Å²) in [4.78, 5) is 20.8. The number of hydrogen-bond donors (Lipinski definition) is 1. The molecule has 1 N–H and O–H groups in total. The third-order valence-corrected chi connectivity index (χ3v) is 4.79. The molecule has 4 aromatic rings. The van der Waals surface area contributed by atoms with Crippen LogP contribution >= 0.6 is 11.5 Å². The number of hydrogen-bond acceptors (Lipinski definition) is 6. The van der Waals surface area contributed by atoms with Crippen molar-refractivity contribution in [1.82, 2.24) is 14.3 Å². The monoisotopic (exact) mass is 390 g/mol. The maximum atomic E-state index is 12.2. The zero-order valence-electron chi connectivity index (χ0n) is 15.3. The molecule has 4 rings (SSSR count). The van der Waals surface area contributed by atoms with Crippen LogP contribution in [-0.4, -0.2) is 20.2 Å². The van der Waals surface area contributed by atoms with E-state index in [0.29, 0.717) is 29.0 Å². The summed E-state index contributed by atoms with van der Waals surface area (Å²) in [7, 11) is 0. The quantitative estimate of drug-likeness (QED) is 0.514. The molecule has 0 saturated carbocycles. The Morgan fingerprint density at radius 2 is 1.86 bits per heavy atom. The average Bonchev–Trinajstić information content (AvgIpc) is 3.37. The van der Waals surface area contributed by atoms with E-state index in [1.54, 1.807) is 6.20 Å². The lowest BCUT2D eigenvalue weighted by molar-refractivity contribution is -0.116. The number of carbonyl (C=O) groups excluding carboxylic acids is 1. The Morgan fingerprint density at radius 3 is 2.64 bits per heavy atom. The Morgan fingerprint density at radius 1 is 1.07 bits per heavy atom. The number of benzene rings is 2. The van der Waals surface area contributed by atoms with Crippen molar-refractivity contribution in [3.63, 3.8) is 0 Å². The standard InChI is InChI=1S/C21H18N4O2S/c1-14-7-9-15(10-8-14)17-13-22-19(27-17)12-11-18(26)23-21-24-20(25-28-21)16-5-3-2-4-6-16/h2-10,13H,11-12H2,1H3,(H,23,24,25,26). The predicted molar refractivity (Wildman–Crippen MR) is 109 cm³/mol. The second-order valence-corrected chi connectivity index (χ2v) is 7.07. The van der Waals surface area contributed by atoms with Crippen LogP contribution in [0.2, 0.25) is 0 Å². The second-order valence-electron chi connectivity index (χ2n) is 6.32. The fourth-order valence-electron chi connectivity index (χ4n) is 2.66. The van der Waals surface area contributed by atoms with Gasteiger partial charge in [-0.1, -0.05) is 60.2 Å². The van der Waals surface area contributed by atoms with E-state index < -0.39 is 0 Å². The van der Waals surface area contributed by atoms with Gasteiger partial charge >= 0.3 is 0 Å². The molecule has 140 valence electrons. The summed E-state index contributed by atoms with van der Waals surface area (Å²) in [5, 5.41) is 3.27. The Labute approximate surface area is 166 Å². The number of amides is 1. The van der Waals surface area contributed by atoms with Crippen molar-refractivity contribution in [2.75, 3.05) is 5.32 Å². The van der Waals surface area contributed by atoms with Gasteiger partial charge in [-0.25, -0.2) is 4.98 Å². The van der Waals surface area contributed by atoms with Crippen molar-refractivity contribution in [2.45, 2.75) is 19.8 Å². The largest absolute Gasteiger partial charge is 0.441 e. The van der Waals surface area contributed by atoms with Crippen molar-refractivity contribution in [3.8, 4) is 22.7 Å². The van der Waals surface area contributed by atoms with E-state index in [2.05, 4.69) is 19.7 Å². The molecule has 0 aliphatic rings. The summed E-state index contributed by atoms with van der Waals surface area (Å²) in [6.07, 6.45) is 2.37. The molecule has 6 nitrogen and oxygen atoms in total. The van der Waals surface area contributed by atoms with Gasteiger partial charge in [0.2, 0.25) is 11.0 Å². The molecule has 0 aliphatic heterocycles. The first-order valence-electron chi connectivity index (χ1n) is 8.88. The van der Waals surface area contributed by atoms with Gasteiger partial charge < -0.3 is 9.73 Å². The molecule has 2 aromatic carbocycles. The van der Waals surface area contributed by atoms with Gasteiger partial charge in [-0.3, -0.25) is 4.79 Å². The minimum Gasteiger partial charge on any atom is -0.441 e. The van der Waals surface area contributed by atoms with Crippen LogP contribution in [0.3, 0.4) is 0 Å². The van der Waals surface area contributed by atoms with E-state index in [9.17, 15) is 4.79 Å². The SMILES string of the molecule is Cc1ccc(-c2cnc(CCC(=O)Nc3nc(-c4ccccc4)ns3)o2)cc1. The normalized spacial score (nSPS) is 10.8. The van der Waals surface area contributed by atoms with E-state index in [0.717, 1.165) is 22.7 Å². The highest BCUT2D eigenvalue weighted by atomic mass is 32.1. The number of aromatic nitrogens is 3. The Bertz CT molecular complexity index is 1070. The number of aryl methyl sites for hydroxylation is 2. The molecule has 0 radical (unpaired) electrons. The molecule has 28 heavy (non-hydrogen) atoms. The number of nitrogens with zero attached hydrogens (tertiary/aromatic N) is 3.